The van der Waals surface area contributed by atoms with Crippen LogP contribution in [0.3, 0.4) is 0 Å². The van der Waals surface area contributed by atoms with Crippen LogP contribution in [0.15, 0.2) is 0 Å². The molecule has 5 heteroatoms. The Hall–Kier alpha value is -1.10. The minimum Gasteiger partial charge on any atom is -0.550 e. The number of nitrogens with zero attached hydrogens (tertiary/aromatic N) is 1. The summed E-state index contributed by atoms with van der Waals surface area (Å²) in [5, 5.41) is 10.9. The molecule has 15 heavy (non-hydrogen) atoms. The number of aliphatic carboxylic acids is 1. The van der Waals surface area contributed by atoms with Gasteiger partial charge in [-0.1, -0.05) is 0 Å². The Morgan fingerprint density at radius 2 is 2.20 bits per heavy atom. The van der Waals surface area contributed by atoms with Gasteiger partial charge in [-0.05, 0) is 6.92 Å². The molecule has 0 N–H and O–H groups in total. The Bertz CT molecular complexity index is 469. The van der Waals surface area contributed by atoms with E-state index in [9.17, 15) is 14.7 Å². The van der Waals surface area contributed by atoms with E-state index in [-0.39, 0.29) is 0 Å². The van der Waals surface area contributed by atoms with Gasteiger partial charge in [-0.15, -0.1) is 0 Å². The van der Waals surface area contributed by atoms with Gasteiger partial charge in [-0.3, -0.25) is 4.79 Å². The zero-order valence-corrected chi connectivity index (χ0v) is 8.36. The molecule has 88 valence electrons. The highest BCUT2D eigenvalue weighted by Gasteiger charge is 2.22. The highest BCUT2D eigenvalue weighted by atomic mass is 16.5. The molecule has 0 amide bonds. The molecular weight excluding hydrogens is 198 g/mol. The standard InChI is InChI=1S/C10H19NO4/c1-5-11(3,4)7-9(6-10(13)14)15-8(2)12/h9H,5-7H2,1-4H3/t9-/m1/s1/i3D3,4D3,5D2,7D2. The maximum atomic E-state index is 11.2. The summed E-state index contributed by atoms with van der Waals surface area (Å²) in [6.07, 6.45) is -3.79. The third-order valence-electron chi connectivity index (χ3n) is 1.33. The van der Waals surface area contributed by atoms with Gasteiger partial charge in [-0.2, -0.15) is 0 Å². The Balaban J connectivity index is 6.87. The predicted octanol–water partition coefficient (Wildman–Crippen LogP) is -0.846. The summed E-state index contributed by atoms with van der Waals surface area (Å²) in [6.45, 7) is -13.2. The number of hydrogen-bond donors (Lipinski definition) is 0. The van der Waals surface area contributed by atoms with E-state index in [4.69, 9.17) is 13.7 Å². The van der Waals surface area contributed by atoms with Gasteiger partial charge < -0.3 is 19.1 Å². The van der Waals surface area contributed by atoms with Crippen LogP contribution in [0.4, 0.5) is 0 Å². The van der Waals surface area contributed by atoms with E-state index >= 15 is 0 Å². The zero-order valence-electron chi connectivity index (χ0n) is 18.4. The number of hydrogen-bond acceptors (Lipinski definition) is 4. The van der Waals surface area contributed by atoms with Gasteiger partial charge in [0, 0.05) is 19.3 Å². The minimum atomic E-state index is -3.81. The molecule has 0 spiro atoms. The van der Waals surface area contributed by atoms with Crippen LogP contribution in [0.2, 0.25) is 0 Å². The van der Waals surface area contributed by atoms with Crippen molar-refractivity contribution < 1.29 is 37.6 Å². The molecule has 0 fully saturated rings. The fourth-order valence-corrected chi connectivity index (χ4v) is 0.746. The number of carbonyl (C=O) groups excluding carboxylic acids is 2. The molecule has 5 nitrogen and oxygen atoms in total. The summed E-state index contributed by atoms with van der Waals surface area (Å²) >= 11 is 0. The lowest BCUT2D eigenvalue weighted by molar-refractivity contribution is -0.891. The van der Waals surface area contributed by atoms with Gasteiger partial charge in [0.1, 0.15) is 6.50 Å². The monoisotopic (exact) mass is 227 g/mol. The smallest absolute Gasteiger partial charge is 0.303 e. The second-order valence-electron chi connectivity index (χ2n) is 2.70. The first kappa shape index (κ1) is 4.41. The number of carboxylic acids is 1. The van der Waals surface area contributed by atoms with E-state index in [0.717, 1.165) is 6.92 Å². The van der Waals surface area contributed by atoms with Crippen LogP contribution in [0.5, 0.6) is 0 Å². The van der Waals surface area contributed by atoms with Gasteiger partial charge in [0.25, 0.3) is 0 Å². The SMILES string of the molecule is [2H]C([2H])([2H])[N+](C([2H])([2H])[2H])(C([2H])([2H])C)C([2H])([2H])[C@@H](CC(=O)[O-])OC(C)=O. The molecular formula is C10H19NO4. The Kier molecular flexibility index (Phi) is 1.68. The second kappa shape index (κ2) is 5.70. The first-order chi connectivity index (χ1) is 10.7. The van der Waals surface area contributed by atoms with E-state index in [1.807, 2.05) is 0 Å². The highest BCUT2D eigenvalue weighted by molar-refractivity contribution is 5.68. The van der Waals surface area contributed by atoms with Crippen LogP contribution in [-0.4, -0.2) is 49.5 Å². The molecule has 0 aliphatic carbocycles. The lowest BCUT2D eigenvalue weighted by atomic mass is 10.2. The third-order valence-corrected chi connectivity index (χ3v) is 1.33. The van der Waals surface area contributed by atoms with Gasteiger partial charge in [0.15, 0.2) is 6.10 Å². The Labute approximate surface area is 104 Å². The topological polar surface area (TPSA) is 66.4 Å². The molecule has 0 saturated heterocycles. The summed E-state index contributed by atoms with van der Waals surface area (Å²) in [4.78, 5) is 22.0. The van der Waals surface area contributed by atoms with E-state index in [1.165, 1.54) is 0 Å². The van der Waals surface area contributed by atoms with Crippen LogP contribution < -0.4 is 5.11 Å². The van der Waals surface area contributed by atoms with E-state index in [0.29, 0.717) is 6.92 Å². The van der Waals surface area contributed by atoms with Crippen molar-refractivity contribution in [3.63, 3.8) is 0 Å². The second-order valence-corrected chi connectivity index (χ2v) is 2.70. The summed E-state index contributed by atoms with van der Waals surface area (Å²) in [6, 6.07) is 0. The zero-order chi connectivity index (χ0) is 20.6. The molecule has 0 aliphatic rings. The van der Waals surface area contributed by atoms with Crippen molar-refractivity contribution in [1.29, 1.82) is 0 Å². The van der Waals surface area contributed by atoms with Gasteiger partial charge in [0.2, 0.25) is 0 Å². The number of esters is 1. The van der Waals surface area contributed by atoms with Crippen molar-refractivity contribution in [1.82, 2.24) is 0 Å². The average Bonchev–Trinajstić information content (AvgIpc) is 2.19. The molecule has 0 aromatic rings. The fourth-order valence-electron chi connectivity index (χ4n) is 0.746. The molecule has 1 atom stereocenters. The van der Waals surface area contributed by atoms with Gasteiger partial charge in [-0.25, -0.2) is 0 Å². The normalized spacial score (nSPS) is 26.8. The molecule has 0 bridgehead atoms. The van der Waals surface area contributed by atoms with Crippen molar-refractivity contribution >= 4 is 11.9 Å². The number of ether oxygens (including phenoxy) is 1. The van der Waals surface area contributed by atoms with Crippen LogP contribution in [-0.2, 0) is 14.3 Å². The molecule has 0 aliphatic heterocycles. The fraction of sp³-hybridized carbons (Fsp3) is 0.800. The molecule has 0 rings (SSSR count). The summed E-state index contributed by atoms with van der Waals surface area (Å²) in [5.74, 6) is -3.15. The predicted molar refractivity (Wildman–Crippen MR) is 52.7 cm³/mol. The number of rotatable bonds is 6. The average molecular weight is 227 g/mol. The molecule has 0 aromatic carbocycles. The third kappa shape index (κ3) is 6.90. The van der Waals surface area contributed by atoms with Crippen molar-refractivity contribution in [3.8, 4) is 0 Å². The number of carbonyl (C=O) groups is 2. The van der Waals surface area contributed by atoms with E-state index < -0.39 is 55.9 Å². The highest BCUT2D eigenvalue weighted by Crippen LogP contribution is 2.06. The maximum Gasteiger partial charge on any atom is 0.303 e. The maximum absolute atomic E-state index is 11.2. The van der Waals surface area contributed by atoms with Crippen LogP contribution in [0.1, 0.15) is 34.0 Å². The van der Waals surface area contributed by atoms with Gasteiger partial charge in [0.05, 0.1) is 34.2 Å². The van der Waals surface area contributed by atoms with E-state index in [2.05, 4.69) is 4.74 Å². The number of quaternary nitrogens is 1. The molecule has 0 unspecified atom stereocenters. The Morgan fingerprint density at radius 3 is 2.53 bits per heavy atom. The van der Waals surface area contributed by atoms with E-state index in [1.54, 1.807) is 0 Å². The lowest BCUT2D eigenvalue weighted by Gasteiger charge is -2.32. The first-order valence-corrected chi connectivity index (χ1v) is 4.00. The molecule has 0 saturated carbocycles. The first-order valence-electron chi connectivity index (χ1n) is 9.00. The van der Waals surface area contributed by atoms with Crippen molar-refractivity contribution in [2.24, 2.45) is 0 Å². The number of likely N-dealkylation sites (N-methyl/N-ethyl adjacent to an activating group) is 1. The quantitative estimate of drug-likeness (QED) is 0.438. The summed E-state index contributed by atoms with van der Waals surface area (Å²) in [7, 11) is 0. The van der Waals surface area contributed by atoms with Crippen LogP contribution in [0, 0.1) is 0 Å². The Morgan fingerprint density at radius 1 is 1.60 bits per heavy atom. The van der Waals surface area contributed by atoms with Gasteiger partial charge >= 0.3 is 5.97 Å². The summed E-state index contributed by atoms with van der Waals surface area (Å²) < 4.78 is 78.4. The van der Waals surface area contributed by atoms with Crippen LogP contribution in [0.25, 0.3) is 0 Å². The minimum absolute atomic E-state index is 0.535. The summed E-state index contributed by atoms with van der Waals surface area (Å²) in [5.41, 5.74) is 0. The number of carboxylic acid groups (broad SMARTS) is 1. The van der Waals surface area contributed by atoms with Crippen molar-refractivity contribution in [2.45, 2.75) is 26.4 Å². The lowest BCUT2D eigenvalue weighted by Crippen LogP contribution is -2.47. The van der Waals surface area contributed by atoms with Crippen molar-refractivity contribution in [2.75, 3.05) is 26.9 Å². The van der Waals surface area contributed by atoms with Crippen LogP contribution >= 0.6 is 0 Å². The largest absolute Gasteiger partial charge is 0.550 e. The molecule has 0 aromatic heterocycles. The molecule has 0 heterocycles. The molecule has 0 radical (unpaired) electrons. The van der Waals surface area contributed by atoms with Crippen molar-refractivity contribution in [3.05, 3.63) is 0 Å².